The van der Waals surface area contributed by atoms with E-state index in [4.69, 9.17) is 9.47 Å². The van der Waals surface area contributed by atoms with Crippen molar-refractivity contribution in [3.63, 3.8) is 0 Å². The van der Waals surface area contributed by atoms with Crippen molar-refractivity contribution in [1.82, 2.24) is 0 Å². The summed E-state index contributed by atoms with van der Waals surface area (Å²) in [6.07, 6.45) is -0.653. The second kappa shape index (κ2) is 7.14. The monoisotopic (exact) mass is 259 g/mol. The van der Waals surface area contributed by atoms with E-state index in [-0.39, 0.29) is 12.4 Å². The molecular formula is C12H18ClNO3. The number of hydrogen-bond donors (Lipinski definition) is 0. The highest BCUT2D eigenvalue weighted by Gasteiger charge is 2.10. The summed E-state index contributed by atoms with van der Waals surface area (Å²) in [5, 5.41) is 0. The molecule has 1 aromatic carbocycles. The summed E-state index contributed by atoms with van der Waals surface area (Å²) in [6.45, 7) is 1.11. The van der Waals surface area contributed by atoms with E-state index in [0.717, 1.165) is 11.0 Å². The Morgan fingerprint density at radius 2 is 1.76 bits per heavy atom. The Labute approximate surface area is 108 Å². The number of hydrogen-bond acceptors (Lipinski definition) is 3. The molecule has 0 saturated carbocycles. The quantitative estimate of drug-likeness (QED) is 0.392. The number of quaternary nitrogens is 1. The summed E-state index contributed by atoms with van der Waals surface area (Å²) in [5.74, 6) is 0.498. The van der Waals surface area contributed by atoms with Crippen LogP contribution in [0.3, 0.4) is 0 Å². The van der Waals surface area contributed by atoms with E-state index in [0.29, 0.717) is 12.4 Å². The Morgan fingerprint density at radius 1 is 1.18 bits per heavy atom. The van der Waals surface area contributed by atoms with Crippen molar-refractivity contribution in [2.45, 2.75) is 0 Å². The fraction of sp³-hybridized carbons (Fsp3) is 0.417. The van der Waals surface area contributed by atoms with E-state index in [9.17, 15) is 4.79 Å². The van der Waals surface area contributed by atoms with Gasteiger partial charge in [-0.1, -0.05) is 18.2 Å². The van der Waals surface area contributed by atoms with Crippen LogP contribution in [0.2, 0.25) is 0 Å². The molecular weight excluding hydrogens is 242 g/mol. The van der Waals surface area contributed by atoms with Gasteiger partial charge in [-0.05, 0) is 12.1 Å². The molecule has 0 aliphatic rings. The van der Waals surface area contributed by atoms with Gasteiger partial charge in [0.25, 0.3) is 0 Å². The number of benzene rings is 1. The molecule has 5 heteroatoms. The number of carbonyl (C=O) groups excluding carboxylic acids is 1. The summed E-state index contributed by atoms with van der Waals surface area (Å²) in [6, 6.07) is 8.88. The molecule has 0 heterocycles. The first kappa shape index (κ1) is 15.7. The van der Waals surface area contributed by atoms with E-state index >= 15 is 0 Å². The Hall–Kier alpha value is -1.26. The highest BCUT2D eigenvalue weighted by atomic mass is 35.5. The minimum absolute atomic E-state index is 0. The van der Waals surface area contributed by atoms with Crippen LogP contribution in [0.4, 0.5) is 4.79 Å². The van der Waals surface area contributed by atoms with Crippen LogP contribution in [0.1, 0.15) is 0 Å². The summed E-state index contributed by atoms with van der Waals surface area (Å²) in [5.41, 5.74) is 0. The molecule has 96 valence electrons. The molecule has 0 bridgehead atoms. The maximum Gasteiger partial charge on any atom is 0.514 e. The first-order valence-corrected chi connectivity index (χ1v) is 5.17. The third-order valence-corrected chi connectivity index (χ3v) is 1.93. The molecule has 1 aromatic rings. The molecule has 0 aliphatic carbocycles. The smallest absolute Gasteiger partial charge is 0.514 e. The average Bonchev–Trinajstić information content (AvgIpc) is 2.17. The minimum atomic E-state index is -0.653. The predicted molar refractivity (Wildman–Crippen MR) is 61.3 cm³/mol. The van der Waals surface area contributed by atoms with Gasteiger partial charge in [-0.2, -0.15) is 0 Å². The highest BCUT2D eigenvalue weighted by molar-refractivity contribution is 5.63. The summed E-state index contributed by atoms with van der Waals surface area (Å²) in [7, 11) is 6.10. The third-order valence-electron chi connectivity index (χ3n) is 1.93. The van der Waals surface area contributed by atoms with Gasteiger partial charge in [0.15, 0.2) is 0 Å². The van der Waals surface area contributed by atoms with Crippen LogP contribution < -0.4 is 17.1 Å². The summed E-state index contributed by atoms with van der Waals surface area (Å²) in [4.78, 5) is 11.2. The lowest BCUT2D eigenvalue weighted by atomic mass is 10.3. The van der Waals surface area contributed by atoms with E-state index in [2.05, 4.69) is 0 Å². The lowest BCUT2D eigenvalue weighted by Crippen LogP contribution is -3.00. The van der Waals surface area contributed by atoms with Crippen LogP contribution >= 0.6 is 0 Å². The Balaban J connectivity index is 0.00000256. The fourth-order valence-corrected chi connectivity index (χ4v) is 1.02. The predicted octanol–water partition coefficient (Wildman–Crippen LogP) is -1.09. The van der Waals surface area contributed by atoms with Gasteiger partial charge in [0.1, 0.15) is 18.9 Å². The Kier molecular flexibility index (Phi) is 6.61. The number of nitrogens with zero attached hydrogens (tertiary/aromatic N) is 1. The SMILES string of the molecule is C[N+](C)(C)CCOC(=O)Oc1ccccc1.[Cl-]. The number of rotatable bonds is 4. The van der Waals surface area contributed by atoms with Crippen molar-refractivity contribution in [1.29, 1.82) is 0 Å². The van der Waals surface area contributed by atoms with Gasteiger partial charge < -0.3 is 26.4 Å². The Morgan fingerprint density at radius 3 is 2.29 bits per heavy atom. The van der Waals surface area contributed by atoms with E-state index in [1.54, 1.807) is 24.3 Å². The van der Waals surface area contributed by atoms with Crippen LogP contribution in [-0.4, -0.2) is 44.9 Å². The van der Waals surface area contributed by atoms with Gasteiger partial charge in [0.05, 0.1) is 21.1 Å². The molecule has 0 aliphatic heterocycles. The van der Waals surface area contributed by atoms with E-state index in [1.807, 2.05) is 27.2 Å². The van der Waals surface area contributed by atoms with Crippen molar-refractivity contribution in [3.8, 4) is 5.75 Å². The third kappa shape index (κ3) is 7.60. The largest absolute Gasteiger partial charge is 1.00 e. The zero-order chi connectivity index (χ0) is 12.0. The van der Waals surface area contributed by atoms with Crippen molar-refractivity contribution in [2.24, 2.45) is 0 Å². The molecule has 0 N–H and O–H groups in total. The lowest BCUT2D eigenvalue weighted by Gasteiger charge is -2.23. The van der Waals surface area contributed by atoms with Crippen LogP contribution in [0.25, 0.3) is 0 Å². The van der Waals surface area contributed by atoms with Gasteiger partial charge in [0, 0.05) is 0 Å². The molecule has 0 aromatic heterocycles. The van der Waals surface area contributed by atoms with Crippen LogP contribution in [-0.2, 0) is 4.74 Å². The molecule has 0 radical (unpaired) electrons. The van der Waals surface area contributed by atoms with Crippen LogP contribution in [0.15, 0.2) is 30.3 Å². The number of halogens is 1. The number of carbonyl (C=O) groups is 1. The number of ether oxygens (including phenoxy) is 2. The van der Waals surface area contributed by atoms with Crippen molar-refractivity contribution < 1.29 is 31.2 Å². The lowest BCUT2D eigenvalue weighted by molar-refractivity contribution is -0.870. The molecule has 0 amide bonds. The maximum absolute atomic E-state index is 11.2. The minimum Gasteiger partial charge on any atom is -1.00 e. The molecule has 0 saturated heterocycles. The molecule has 0 atom stereocenters. The normalized spacial score (nSPS) is 10.3. The molecule has 0 spiro atoms. The first-order chi connectivity index (χ1) is 7.47. The highest BCUT2D eigenvalue weighted by Crippen LogP contribution is 2.08. The zero-order valence-electron chi connectivity index (χ0n) is 10.4. The molecule has 0 unspecified atom stereocenters. The van der Waals surface area contributed by atoms with Crippen molar-refractivity contribution >= 4 is 6.16 Å². The summed E-state index contributed by atoms with van der Waals surface area (Å²) < 4.78 is 10.7. The fourth-order valence-electron chi connectivity index (χ4n) is 1.02. The molecule has 4 nitrogen and oxygen atoms in total. The van der Waals surface area contributed by atoms with Gasteiger partial charge in [-0.25, -0.2) is 4.79 Å². The van der Waals surface area contributed by atoms with Gasteiger partial charge in [0.2, 0.25) is 0 Å². The number of para-hydroxylation sites is 1. The number of likely N-dealkylation sites (N-methyl/N-ethyl adjacent to an activating group) is 1. The van der Waals surface area contributed by atoms with Crippen LogP contribution in [0, 0.1) is 0 Å². The maximum atomic E-state index is 11.2. The van der Waals surface area contributed by atoms with Crippen molar-refractivity contribution in [2.75, 3.05) is 34.3 Å². The van der Waals surface area contributed by atoms with E-state index in [1.165, 1.54) is 0 Å². The second-order valence-electron chi connectivity index (χ2n) is 4.53. The zero-order valence-corrected chi connectivity index (χ0v) is 11.1. The average molecular weight is 260 g/mol. The first-order valence-electron chi connectivity index (χ1n) is 5.17. The van der Waals surface area contributed by atoms with Gasteiger partial charge >= 0.3 is 6.16 Å². The second-order valence-corrected chi connectivity index (χ2v) is 4.53. The molecule has 17 heavy (non-hydrogen) atoms. The topological polar surface area (TPSA) is 35.5 Å². The molecule has 0 fully saturated rings. The Bertz CT molecular complexity index is 335. The van der Waals surface area contributed by atoms with Crippen molar-refractivity contribution in [3.05, 3.63) is 30.3 Å². The standard InChI is InChI=1S/C12H18NO3.ClH/c1-13(2,3)9-10-15-12(14)16-11-7-5-4-6-8-11;/h4-8H,9-10H2,1-3H3;1H/q+1;/p-1. The van der Waals surface area contributed by atoms with Gasteiger partial charge in [-0.15, -0.1) is 0 Å². The van der Waals surface area contributed by atoms with Gasteiger partial charge in [-0.3, -0.25) is 0 Å². The van der Waals surface area contributed by atoms with E-state index < -0.39 is 6.16 Å². The summed E-state index contributed by atoms with van der Waals surface area (Å²) >= 11 is 0. The van der Waals surface area contributed by atoms with Crippen LogP contribution in [0.5, 0.6) is 5.75 Å². The molecule has 1 rings (SSSR count).